The minimum Gasteiger partial charge on any atom is -0.493 e. The molecule has 0 atom stereocenters. The van der Waals surface area contributed by atoms with Crippen LogP contribution >= 0.6 is 0 Å². The predicted molar refractivity (Wildman–Crippen MR) is 96.8 cm³/mol. The lowest BCUT2D eigenvalue weighted by molar-refractivity contribution is 0.356. The number of methoxy groups -OCH3 is 2. The largest absolute Gasteiger partial charge is 0.493 e. The van der Waals surface area contributed by atoms with Crippen molar-refractivity contribution in [2.45, 2.75) is 0 Å². The minimum absolute atomic E-state index is 0.560. The maximum absolute atomic E-state index is 6.01. The Bertz CT molecular complexity index is 869. The normalized spacial score (nSPS) is 11.0. The fraction of sp³-hybridized carbons (Fsp3) is 0.100. The van der Waals surface area contributed by atoms with Crippen molar-refractivity contribution in [3.05, 3.63) is 65.7 Å². The van der Waals surface area contributed by atoms with Gasteiger partial charge in [0.1, 0.15) is 0 Å². The van der Waals surface area contributed by atoms with Gasteiger partial charge < -0.3 is 15.2 Å². The quantitative estimate of drug-likeness (QED) is 0.565. The zero-order valence-corrected chi connectivity index (χ0v) is 13.2. The van der Waals surface area contributed by atoms with Gasteiger partial charge in [0.25, 0.3) is 0 Å². The molecular formula is C20H19NO2. The van der Waals surface area contributed by atoms with Gasteiger partial charge >= 0.3 is 0 Å². The second-order valence-corrected chi connectivity index (χ2v) is 5.29. The summed E-state index contributed by atoms with van der Waals surface area (Å²) in [6.07, 6.45) is 4.08. The molecule has 3 heteroatoms. The molecule has 3 nitrogen and oxygen atoms in total. The van der Waals surface area contributed by atoms with E-state index in [2.05, 4.69) is 36.4 Å². The van der Waals surface area contributed by atoms with E-state index in [1.54, 1.807) is 14.2 Å². The molecule has 0 aliphatic carbocycles. The predicted octanol–water partition coefficient (Wildman–Crippen LogP) is 4.61. The van der Waals surface area contributed by atoms with E-state index in [0.29, 0.717) is 17.2 Å². The van der Waals surface area contributed by atoms with Crippen molar-refractivity contribution in [3.63, 3.8) is 0 Å². The van der Waals surface area contributed by atoms with Crippen molar-refractivity contribution < 1.29 is 9.47 Å². The third-order valence-electron chi connectivity index (χ3n) is 3.77. The highest BCUT2D eigenvalue weighted by atomic mass is 16.5. The summed E-state index contributed by atoms with van der Waals surface area (Å²) in [7, 11) is 3.19. The van der Waals surface area contributed by atoms with Crippen LogP contribution in [0, 0.1) is 0 Å². The molecule has 0 aromatic heterocycles. The SMILES string of the molecule is COc1cc(/C=C\c2ccc3ccccc3c2)cc(N)c1OC. The van der Waals surface area contributed by atoms with Crippen LogP contribution in [-0.2, 0) is 0 Å². The molecular weight excluding hydrogens is 286 g/mol. The third-order valence-corrected chi connectivity index (χ3v) is 3.77. The van der Waals surface area contributed by atoms with Crippen molar-refractivity contribution in [3.8, 4) is 11.5 Å². The van der Waals surface area contributed by atoms with Gasteiger partial charge in [0.05, 0.1) is 19.9 Å². The van der Waals surface area contributed by atoms with Crippen LogP contribution in [0.1, 0.15) is 11.1 Å². The van der Waals surface area contributed by atoms with Gasteiger partial charge in [-0.3, -0.25) is 0 Å². The number of hydrogen-bond donors (Lipinski definition) is 1. The van der Waals surface area contributed by atoms with Gasteiger partial charge in [-0.1, -0.05) is 48.6 Å². The molecule has 116 valence electrons. The smallest absolute Gasteiger partial charge is 0.183 e. The Morgan fingerprint density at radius 3 is 2.26 bits per heavy atom. The number of rotatable bonds is 4. The van der Waals surface area contributed by atoms with Gasteiger partial charge in [-0.15, -0.1) is 0 Å². The molecule has 0 aliphatic heterocycles. The Hall–Kier alpha value is -2.94. The van der Waals surface area contributed by atoms with Gasteiger partial charge in [0, 0.05) is 0 Å². The standard InChI is InChI=1S/C20H19NO2/c1-22-19-13-15(12-18(21)20(19)23-2)8-7-14-9-10-16-5-3-4-6-17(16)11-14/h3-13H,21H2,1-2H3/b8-7-. The summed E-state index contributed by atoms with van der Waals surface area (Å²) in [5.41, 5.74) is 8.68. The second-order valence-electron chi connectivity index (χ2n) is 5.29. The lowest BCUT2D eigenvalue weighted by atomic mass is 10.1. The first kappa shape index (κ1) is 15.0. The summed E-state index contributed by atoms with van der Waals surface area (Å²) in [5.74, 6) is 1.20. The molecule has 3 rings (SSSR count). The average molecular weight is 305 g/mol. The molecule has 0 fully saturated rings. The van der Waals surface area contributed by atoms with Gasteiger partial charge in [0.2, 0.25) is 0 Å². The lowest BCUT2D eigenvalue weighted by Gasteiger charge is -2.11. The highest BCUT2D eigenvalue weighted by Crippen LogP contribution is 2.35. The summed E-state index contributed by atoms with van der Waals surface area (Å²) in [4.78, 5) is 0. The van der Waals surface area contributed by atoms with Crippen LogP contribution < -0.4 is 15.2 Å². The highest BCUT2D eigenvalue weighted by molar-refractivity contribution is 5.86. The van der Waals surface area contributed by atoms with Crippen molar-refractivity contribution in [1.29, 1.82) is 0 Å². The first-order chi connectivity index (χ1) is 11.2. The van der Waals surface area contributed by atoms with E-state index < -0.39 is 0 Å². The van der Waals surface area contributed by atoms with E-state index in [0.717, 1.165) is 11.1 Å². The molecule has 0 aliphatic rings. The van der Waals surface area contributed by atoms with Gasteiger partial charge in [-0.05, 0) is 40.1 Å². The van der Waals surface area contributed by atoms with Crippen LogP contribution in [0.15, 0.2) is 54.6 Å². The van der Waals surface area contributed by atoms with Gasteiger partial charge in [0.15, 0.2) is 11.5 Å². The number of fused-ring (bicyclic) bond motifs is 1. The van der Waals surface area contributed by atoms with Crippen LogP contribution in [0.2, 0.25) is 0 Å². The van der Waals surface area contributed by atoms with Crippen LogP contribution in [-0.4, -0.2) is 14.2 Å². The van der Waals surface area contributed by atoms with E-state index in [4.69, 9.17) is 15.2 Å². The molecule has 0 amide bonds. The zero-order valence-electron chi connectivity index (χ0n) is 13.2. The number of nitrogens with two attached hydrogens (primary N) is 1. The zero-order chi connectivity index (χ0) is 16.2. The summed E-state index contributed by atoms with van der Waals surface area (Å²) < 4.78 is 10.6. The fourth-order valence-electron chi connectivity index (χ4n) is 2.62. The second kappa shape index (κ2) is 6.44. The van der Waals surface area contributed by atoms with Crippen molar-refractivity contribution in [2.24, 2.45) is 0 Å². The number of nitrogen functional groups attached to an aromatic ring is 1. The highest BCUT2D eigenvalue weighted by Gasteiger charge is 2.08. The summed E-state index contributed by atoms with van der Waals surface area (Å²) >= 11 is 0. The molecule has 0 saturated heterocycles. The molecule has 3 aromatic carbocycles. The maximum Gasteiger partial charge on any atom is 0.183 e. The molecule has 0 radical (unpaired) electrons. The third kappa shape index (κ3) is 3.14. The Morgan fingerprint density at radius 1 is 0.783 bits per heavy atom. The number of hydrogen-bond acceptors (Lipinski definition) is 3. The van der Waals surface area contributed by atoms with Crippen LogP contribution in [0.5, 0.6) is 11.5 Å². The summed E-state index contributed by atoms with van der Waals surface area (Å²) in [6.45, 7) is 0. The average Bonchev–Trinajstić information content (AvgIpc) is 2.59. The minimum atomic E-state index is 0.560. The van der Waals surface area contributed by atoms with E-state index in [-0.39, 0.29) is 0 Å². The van der Waals surface area contributed by atoms with E-state index >= 15 is 0 Å². The van der Waals surface area contributed by atoms with Crippen molar-refractivity contribution >= 4 is 28.6 Å². The Morgan fingerprint density at radius 2 is 1.52 bits per heavy atom. The Kier molecular flexibility index (Phi) is 4.20. The fourth-order valence-corrected chi connectivity index (χ4v) is 2.62. The van der Waals surface area contributed by atoms with Crippen molar-refractivity contribution in [2.75, 3.05) is 20.0 Å². The lowest BCUT2D eigenvalue weighted by Crippen LogP contribution is -1.96. The van der Waals surface area contributed by atoms with Crippen LogP contribution in [0.3, 0.4) is 0 Å². The van der Waals surface area contributed by atoms with E-state index in [1.165, 1.54) is 10.8 Å². The molecule has 0 spiro atoms. The molecule has 0 saturated carbocycles. The number of benzene rings is 3. The first-order valence-electron chi connectivity index (χ1n) is 7.39. The summed E-state index contributed by atoms with van der Waals surface area (Å²) in [5, 5.41) is 2.46. The maximum atomic E-state index is 6.01. The monoisotopic (exact) mass is 305 g/mol. The summed E-state index contributed by atoms with van der Waals surface area (Å²) in [6, 6.07) is 18.5. The number of ether oxygens (including phenoxy) is 2. The molecule has 23 heavy (non-hydrogen) atoms. The van der Waals surface area contributed by atoms with Crippen molar-refractivity contribution in [1.82, 2.24) is 0 Å². The van der Waals surface area contributed by atoms with Crippen LogP contribution in [0.4, 0.5) is 5.69 Å². The Labute approximate surface area is 136 Å². The van der Waals surface area contributed by atoms with E-state index in [1.807, 2.05) is 30.3 Å². The van der Waals surface area contributed by atoms with Gasteiger partial charge in [-0.2, -0.15) is 0 Å². The van der Waals surface area contributed by atoms with Crippen LogP contribution in [0.25, 0.3) is 22.9 Å². The topological polar surface area (TPSA) is 44.5 Å². The molecule has 3 aromatic rings. The Balaban J connectivity index is 1.93. The first-order valence-corrected chi connectivity index (χ1v) is 7.39. The molecule has 0 bridgehead atoms. The molecule has 2 N–H and O–H groups in total. The number of anilines is 1. The van der Waals surface area contributed by atoms with Gasteiger partial charge in [-0.25, -0.2) is 0 Å². The molecule has 0 heterocycles. The molecule has 0 unspecified atom stereocenters. The van der Waals surface area contributed by atoms with E-state index in [9.17, 15) is 0 Å².